The zero-order chi connectivity index (χ0) is 13.8. The predicted octanol–water partition coefficient (Wildman–Crippen LogP) is 0.952. The van der Waals surface area contributed by atoms with Crippen LogP contribution in [0.5, 0.6) is 0 Å². The lowest BCUT2D eigenvalue weighted by Gasteiger charge is -2.32. The van der Waals surface area contributed by atoms with Gasteiger partial charge in [0, 0.05) is 26.2 Å². The molecule has 102 valence electrons. The first kappa shape index (κ1) is 13.3. The molecule has 1 atom stereocenters. The molecule has 2 rings (SSSR count). The lowest BCUT2D eigenvalue weighted by molar-refractivity contribution is -0.385. The topological polar surface area (TPSA) is 88.4 Å². The number of nitrogens with one attached hydrogen (secondary N) is 1. The van der Waals surface area contributed by atoms with E-state index in [0.717, 1.165) is 19.4 Å². The fourth-order valence-corrected chi connectivity index (χ4v) is 2.28. The molecule has 7 nitrogen and oxygen atoms in total. The van der Waals surface area contributed by atoms with Crippen LogP contribution in [0.4, 0.5) is 11.5 Å². The SMILES string of the molecule is CNC(=O)C1CCCN(c2ccc([N+](=O)[O-])cn2)C1. The number of aromatic nitrogens is 1. The number of hydrogen-bond acceptors (Lipinski definition) is 5. The molecule has 1 N–H and O–H groups in total. The van der Waals surface area contributed by atoms with Crippen LogP contribution in [0.25, 0.3) is 0 Å². The van der Waals surface area contributed by atoms with Crippen molar-refractivity contribution in [2.45, 2.75) is 12.8 Å². The van der Waals surface area contributed by atoms with E-state index in [1.807, 2.05) is 4.90 Å². The van der Waals surface area contributed by atoms with Gasteiger partial charge in [-0.25, -0.2) is 4.98 Å². The number of piperidine rings is 1. The molecule has 0 bridgehead atoms. The number of anilines is 1. The number of rotatable bonds is 3. The highest BCUT2D eigenvalue weighted by Gasteiger charge is 2.25. The second-order valence-corrected chi connectivity index (χ2v) is 4.53. The van der Waals surface area contributed by atoms with Crippen molar-refractivity contribution in [2.24, 2.45) is 5.92 Å². The summed E-state index contributed by atoms with van der Waals surface area (Å²) in [5.41, 5.74) is -0.0244. The maximum Gasteiger partial charge on any atom is 0.287 e. The van der Waals surface area contributed by atoms with Crippen LogP contribution in [0.2, 0.25) is 0 Å². The van der Waals surface area contributed by atoms with Gasteiger partial charge in [0.25, 0.3) is 5.69 Å². The van der Waals surface area contributed by atoms with Crippen molar-refractivity contribution < 1.29 is 9.72 Å². The molecule has 1 fully saturated rings. The molecule has 1 aromatic rings. The van der Waals surface area contributed by atoms with Crippen LogP contribution in [0.15, 0.2) is 18.3 Å². The Kier molecular flexibility index (Phi) is 3.94. The fraction of sp³-hybridized carbons (Fsp3) is 0.500. The Balaban J connectivity index is 2.08. The zero-order valence-electron chi connectivity index (χ0n) is 10.7. The summed E-state index contributed by atoms with van der Waals surface area (Å²) in [5.74, 6) is 0.668. The summed E-state index contributed by atoms with van der Waals surface area (Å²) >= 11 is 0. The van der Waals surface area contributed by atoms with Crippen LogP contribution in [0, 0.1) is 16.0 Å². The predicted molar refractivity (Wildman–Crippen MR) is 69.9 cm³/mol. The number of nitrogens with zero attached hydrogens (tertiary/aromatic N) is 3. The normalized spacial score (nSPS) is 19.0. The molecule has 1 aliphatic heterocycles. The van der Waals surface area contributed by atoms with E-state index in [-0.39, 0.29) is 17.5 Å². The molecule has 1 saturated heterocycles. The lowest BCUT2D eigenvalue weighted by Crippen LogP contribution is -2.42. The number of nitro groups is 1. The number of hydrogen-bond donors (Lipinski definition) is 1. The Morgan fingerprint density at radius 3 is 2.95 bits per heavy atom. The van der Waals surface area contributed by atoms with Crippen LogP contribution < -0.4 is 10.2 Å². The van der Waals surface area contributed by atoms with Gasteiger partial charge in [0.05, 0.1) is 10.8 Å². The summed E-state index contributed by atoms with van der Waals surface area (Å²) in [6.07, 6.45) is 3.03. The van der Waals surface area contributed by atoms with Crippen LogP contribution >= 0.6 is 0 Å². The van der Waals surface area contributed by atoms with E-state index in [0.29, 0.717) is 12.4 Å². The average molecular weight is 264 g/mol. The Hall–Kier alpha value is -2.18. The molecule has 1 amide bonds. The first-order valence-electron chi connectivity index (χ1n) is 6.19. The largest absolute Gasteiger partial charge is 0.359 e. The summed E-state index contributed by atoms with van der Waals surface area (Å²) in [6, 6.07) is 3.07. The van der Waals surface area contributed by atoms with Crippen LogP contribution in [0.1, 0.15) is 12.8 Å². The molecule has 1 aliphatic rings. The van der Waals surface area contributed by atoms with Gasteiger partial charge in [-0.15, -0.1) is 0 Å². The molecule has 0 saturated carbocycles. The van der Waals surface area contributed by atoms with Gasteiger partial charge in [-0.1, -0.05) is 0 Å². The van der Waals surface area contributed by atoms with Gasteiger partial charge in [0.15, 0.2) is 0 Å². The van der Waals surface area contributed by atoms with E-state index in [1.54, 1.807) is 13.1 Å². The van der Waals surface area contributed by atoms with Crippen molar-refractivity contribution >= 4 is 17.4 Å². The third kappa shape index (κ3) is 2.98. The van der Waals surface area contributed by atoms with Gasteiger partial charge in [-0.2, -0.15) is 0 Å². The molecule has 1 aromatic heterocycles. The standard InChI is InChI=1S/C12H16N4O3/c1-13-12(17)9-3-2-6-15(8-9)11-5-4-10(7-14-11)16(18)19/h4-5,7,9H,2-3,6,8H2,1H3,(H,13,17). The quantitative estimate of drug-likeness (QED) is 0.648. The van der Waals surface area contributed by atoms with E-state index >= 15 is 0 Å². The van der Waals surface area contributed by atoms with Gasteiger partial charge in [0.1, 0.15) is 12.0 Å². The van der Waals surface area contributed by atoms with Crippen LogP contribution in [0.3, 0.4) is 0 Å². The molecular formula is C12H16N4O3. The second kappa shape index (κ2) is 5.64. The monoisotopic (exact) mass is 264 g/mol. The van der Waals surface area contributed by atoms with Crippen molar-refractivity contribution in [3.8, 4) is 0 Å². The van der Waals surface area contributed by atoms with Crippen LogP contribution in [-0.4, -0.2) is 36.0 Å². The molecule has 2 heterocycles. The smallest absolute Gasteiger partial charge is 0.287 e. The first-order valence-corrected chi connectivity index (χ1v) is 6.19. The third-order valence-corrected chi connectivity index (χ3v) is 3.31. The minimum absolute atomic E-state index is 0.0244. The lowest BCUT2D eigenvalue weighted by atomic mass is 9.97. The van der Waals surface area contributed by atoms with Gasteiger partial charge in [0.2, 0.25) is 5.91 Å². The molecule has 1 unspecified atom stereocenters. The number of carbonyl (C=O) groups is 1. The average Bonchev–Trinajstić information content (AvgIpc) is 2.46. The van der Waals surface area contributed by atoms with E-state index in [1.165, 1.54) is 12.3 Å². The van der Waals surface area contributed by atoms with Crippen molar-refractivity contribution in [1.29, 1.82) is 0 Å². The zero-order valence-corrected chi connectivity index (χ0v) is 10.7. The van der Waals surface area contributed by atoms with E-state index in [4.69, 9.17) is 0 Å². The minimum Gasteiger partial charge on any atom is -0.359 e. The molecule has 0 aliphatic carbocycles. The number of amides is 1. The molecule has 7 heteroatoms. The van der Waals surface area contributed by atoms with E-state index in [2.05, 4.69) is 10.3 Å². The van der Waals surface area contributed by atoms with Crippen LogP contribution in [-0.2, 0) is 4.79 Å². The number of carbonyl (C=O) groups excluding carboxylic acids is 1. The fourth-order valence-electron chi connectivity index (χ4n) is 2.28. The first-order chi connectivity index (χ1) is 9.11. The Morgan fingerprint density at radius 1 is 1.58 bits per heavy atom. The molecule has 0 aromatic carbocycles. The highest BCUT2D eigenvalue weighted by Crippen LogP contribution is 2.23. The highest BCUT2D eigenvalue weighted by molar-refractivity contribution is 5.79. The molecule has 19 heavy (non-hydrogen) atoms. The van der Waals surface area contributed by atoms with Gasteiger partial charge < -0.3 is 10.2 Å². The van der Waals surface area contributed by atoms with Gasteiger partial charge in [-0.05, 0) is 18.9 Å². The minimum atomic E-state index is -0.472. The van der Waals surface area contributed by atoms with Gasteiger partial charge in [-0.3, -0.25) is 14.9 Å². The maximum absolute atomic E-state index is 11.6. The summed E-state index contributed by atoms with van der Waals surface area (Å²) in [5, 5.41) is 13.2. The van der Waals surface area contributed by atoms with Crippen molar-refractivity contribution in [1.82, 2.24) is 10.3 Å². The van der Waals surface area contributed by atoms with E-state index < -0.39 is 4.92 Å². The third-order valence-electron chi connectivity index (χ3n) is 3.31. The molecule has 0 radical (unpaired) electrons. The maximum atomic E-state index is 11.6. The Bertz CT molecular complexity index is 474. The van der Waals surface area contributed by atoms with Gasteiger partial charge >= 0.3 is 0 Å². The second-order valence-electron chi connectivity index (χ2n) is 4.53. The van der Waals surface area contributed by atoms with E-state index in [9.17, 15) is 14.9 Å². The highest BCUT2D eigenvalue weighted by atomic mass is 16.6. The number of pyridine rings is 1. The summed E-state index contributed by atoms with van der Waals surface area (Å²) in [7, 11) is 1.63. The molecule has 0 spiro atoms. The van der Waals surface area contributed by atoms with Crippen molar-refractivity contribution in [3.05, 3.63) is 28.4 Å². The van der Waals surface area contributed by atoms with Crippen molar-refractivity contribution in [3.63, 3.8) is 0 Å². The Labute approximate surface area is 110 Å². The summed E-state index contributed by atoms with van der Waals surface area (Å²) in [4.78, 5) is 27.8. The van der Waals surface area contributed by atoms with Crippen molar-refractivity contribution in [2.75, 3.05) is 25.0 Å². The molecular weight excluding hydrogens is 248 g/mol. The summed E-state index contributed by atoms with van der Waals surface area (Å²) < 4.78 is 0. The summed E-state index contributed by atoms with van der Waals surface area (Å²) in [6.45, 7) is 1.42. The Morgan fingerprint density at radius 2 is 2.37 bits per heavy atom.